The van der Waals surface area contributed by atoms with Gasteiger partial charge in [0.15, 0.2) is 17.5 Å². The third kappa shape index (κ3) is 4.63. The predicted molar refractivity (Wildman–Crippen MR) is 221 cm³/mol. The minimum Gasteiger partial charge on any atom is -0.455 e. The highest BCUT2D eigenvalue weighted by Gasteiger charge is 2.52. The first kappa shape index (κ1) is 31.8. The number of ether oxygens (including phenoxy) is 1. The normalized spacial score (nSPS) is 12.9. The number of para-hydroxylation sites is 2. The molecule has 5 nitrogen and oxygen atoms in total. The highest BCUT2D eigenvalue weighted by Crippen LogP contribution is 2.64. The summed E-state index contributed by atoms with van der Waals surface area (Å²) in [5.41, 5.74) is 11.0. The van der Waals surface area contributed by atoms with Crippen LogP contribution in [-0.4, -0.2) is 15.0 Å². The van der Waals surface area contributed by atoms with Gasteiger partial charge in [-0.2, -0.15) is 5.26 Å². The Hall–Kier alpha value is -7.68. The molecule has 0 saturated heterocycles. The Balaban J connectivity index is 1.23. The number of nitriles is 1. The molecule has 1 aliphatic heterocycles. The van der Waals surface area contributed by atoms with Gasteiger partial charge in [0.1, 0.15) is 11.5 Å². The molecule has 2 heterocycles. The fraction of sp³-hybridized carbons (Fsp3) is 0.0196. The van der Waals surface area contributed by atoms with Gasteiger partial charge in [0.05, 0.1) is 22.6 Å². The molecule has 0 amide bonds. The maximum Gasteiger partial charge on any atom is 0.167 e. The van der Waals surface area contributed by atoms with E-state index >= 15 is 0 Å². The van der Waals surface area contributed by atoms with E-state index in [1.165, 1.54) is 22.3 Å². The van der Waals surface area contributed by atoms with E-state index < -0.39 is 5.41 Å². The van der Waals surface area contributed by atoms with Gasteiger partial charge in [-0.3, -0.25) is 0 Å². The molecule has 1 spiro atoms. The van der Waals surface area contributed by atoms with E-state index in [1.54, 1.807) is 0 Å². The molecule has 0 N–H and O–H groups in total. The lowest BCUT2D eigenvalue weighted by Crippen LogP contribution is -2.32. The van der Waals surface area contributed by atoms with Crippen LogP contribution in [0.1, 0.15) is 27.8 Å². The molecular weight excluding hydrogens is 685 g/mol. The van der Waals surface area contributed by atoms with Crippen molar-refractivity contribution in [2.45, 2.75) is 5.41 Å². The van der Waals surface area contributed by atoms with Crippen LogP contribution in [-0.2, 0) is 5.41 Å². The molecule has 2 aliphatic rings. The van der Waals surface area contributed by atoms with E-state index in [2.05, 4.69) is 121 Å². The standard InChI is InChI=1S/C51H30N4O/c52-31-32-14-10-19-35(30-32)37-23-12-28-44-46(37)56-47-41(25-13-29-45(47)51(44)42-26-8-6-21-38(42)39-22-7-9-27-43(39)51)50-54-48(34-16-2-1-3-17-34)53-49(55-50)40-24-11-18-33-15-4-5-20-36(33)40/h1-30H. The van der Waals surface area contributed by atoms with E-state index in [9.17, 15) is 5.26 Å². The number of aromatic nitrogens is 3. The van der Waals surface area contributed by atoms with Gasteiger partial charge in [0.25, 0.3) is 0 Å². The van der Waals surface area contributed by atoms with Crippen LogP contribution in [0.5, 0.6) is 11.5 Å². The molecule has 0 saturated carbocycles. The quantitative estimate of drug-likeness (QED) is 0.181. The van der Waals surface area contributed by atoms with Crippen LogP contribution in [0.4, 0.5) is 0 Å². The van der Waals surface area contributed by atoms with Crippen LogP contribution in [0.3, 0.4) is 0 Å². The van der Waals surface area contributed by atoms with Crippen molar-refractivity contribution in [2.24, 2.45) is 0 Å². The Morgan fingerprint density at radius 2 is 0.911 bits per heavy atom. The van der Waals surface area contributed by atoms with Gasteiger partial charge < -0.3 is 4.74 Å². The zero-order valence-electron chi connectivity index (χ0n) is 30.0. The van der Waals surface area contributed by atoms with Crippen LogP contribution in [0.2, 0.25) is 0 Å². The van der Waals surface area contributed by atoms with Crippen LogP contribution in [0.25, 0.3) is 67.2 Å². The third-order valence-corrected chi connectivity index (χ3v) is 11.2. The van der Waals surface area contributed by atoms with Crippen LogP contribution < -0.4 is 4.74 Å². The minimum absolute atomic E-state index is 0.515. The Morgan fingerprint density at radius 1 is 0.411 bits per heavy atom. The topological polar surface area (TPSA) is 71.7 Å². The third-order valence-electron chi connectivity index (χ3n) is 11.2. The molecule has 0 atom stereocenters. The summed E-state index contributed by atoms with van der Waals surface area (Å²) in [5, 5.41) is 12.1. The zero-order chi connectivity index (χ0) is 37.2. The Kier molecular flexibility index (Phi) is 7.07. The second-order valence-electron chi connectivity index (χ2n) is 14.2. The van der Waals surface area contributed by atoms with Gasteiger partial charge in [-0.25, -0.2) is 15.0 Å². The fourth-order valence-corrected chi connectivity index (χ4v) is 8.86. The highest BCUT2D eigenvalue weighted by atomic mass is 16.5. The molecule has 5 heteroatoms. The van der Waals surface area contributed by atoms with E-state index in [1.807, 2.05) is 66.7 Å². The predicted octanol–water partition coefficient (Wildman–Crippen LogP) is 12.0. The molecule has 0 unspecified atom stereocenters. The van der Waals surface area contributed by atoms with Crippen molar-refractivity contribution in [3.63, 3.8) is 0 Å². The van der Waals surface area contributed by atoms with Gasteiger partial charge >= 0.3 is 0 Å². The van der Waals surface area contributed by atoms with E-state index in [4.69, 9.17) is 19.7 Å². The largest absolute Gasteiger partial charge is 0.455 e. The lowest BCUT2D eigenvalue weighted by molar-refractivity contribution is 0.439. The molecule has 1 aromatic heterocycles. The van der Waals surface area contributed by atoms with Gasteiger partial charge in [-0.15, -0.1) is 0 Å². The first-order chi connectivity index (χ1) is 27.7. The average Bonchev–Trinajstić information content (AvgIpc) is 3.56. The number of hydrogen-bond donors (Lipinski definition) is 0. The van der Waals surface area contributed by atoms with Crippen molar-refractivity contribution in [3.8, 4) is 74.0 Å². The van der Waals surface area contributed by atoms with E-state index in [0.29, 0.717) is 28.8 Å². The smallest absolute Gasteiger partial charge is 0.167 e. The molecule has 0 fully saturated rings. The maximum absolute atomic E-state index is 9.89. The summed E-state index contributed by atoms with van der Waals surface area (Å²) in [6.45, 7) is 0. The fourth-order valence-electron chi connectivity index (χ4n) is 8.86. The monoisotopic (exact) mass is 714 g/mol. The summed E-state index contributed by atoms with van der Waals surface area (Å²) in [6, 6.07) is 64.8. The highest BCUT2D eigenvalue weighted by molar-refractivity contribution is 5.96. The minimum atomic E-state index is -0.720. The van der Waals surface area contributed by atoms with Gasteiger partial charge in [-0.05, 0) is 56.8 Å². The number of nitrogens with zero attached hydrogens (tertiary/aromatic N) is 4. The van der Waals surface area contributed by atoms with Crippen LogP contribution in [0.15, 0.2) is 182 Å². The first-order valence-electron chi connectivity index (χ1n) is 18.7. The van der Waals surface area contributed by atoms with Crippen LogP contribution in [0, 0.1) is 11.3 Å². The Morgan fingerprint density at radius 3 is 1.66 bits per heavy atom. The van der Waals surface area contributed by atoms with Crippen molar-refractivity contribution in [2.75, 3.05) is 0 Å². The van der Waals surface area contributed by atoms with Crippen molar-refractivity contribution in [1.29, 1.82) is 5.26 Å². The molecule has 1 aliphatic carbocycles. The molecule has 11 rings (SSSR count). The summed E-state index contributed by atoms with van der Waals surface area (Å²) in [7, 11) is 0. The van der Waals surface area contributed by atoms with Crippen molar-refractivity contribution in [1.82, 2.24) is 15.0 Å². The van der Waals surface area contributed by atoms with Gasteiger partial charge in [-0.1, -0.05) is 164 Å². The summed E-state index contributed by atoms with van der Waals surface area (Å²) in [4.78, 5) is 15.6. The first-order valence-corrected chi connectivity index (χ1v) is 18.7. The zero-order valence-corrected chi connectivity index (χ0v) is 30.0. The molecule has 0 bridgehead atoms. The second kappa shape index (κ2) is 12.4. The number of benzene rings is 8. The number of hydrogen-bond acceptors (Lipinski definition) is 5. The molecule has 8 aromatic carbocycles. The van der Waals surface area contributed by atoms with E-state index in [0.717, 1.165) is 55.5 Å². The van der Waals surface area contributed by atoms with Crippen molar-refractivity contribution in [3.05, 3.63) is 210 Å². The van der Waals surface area contributed by atoms with Crippen molar-refractivity contribution >= 4 is 10.8 Å². The molecule has 56 heavy (non-hydrogen) atoms. The summed E-state index contributed by atoms with van der Waals surface area (Å²) >= 11 is 0. The lowest BCUT2D eigenvalue weighted by atomic mass is 9.65. The Labute approximate surface area is 323 Å². The lowest BCUT2D eigenvalue weighted by Gasteiger charge is -2.40. The molecule has 260 valence electrons. The van der Waals surface area contributed by atoms with Crippen LogP contribution >= 0.6 is 0 Å². The Bertz CT molecular complexity index is 3040. The second-order valence-corrected chi connectivity index (χ2v) is 14.2. The molecule has 9 aromatic rings. The SMILES string of the molecule is N#Cc1cccc(-c2cccc3c2Oc2c(-c4nc(-c5ccccc5)nc(-c5cccc6ccccc56)n4)cccc2C32c3ccccc3-c3ccccc32)c1. The van der Waals surface area contributed by atoms with E-state index in [-0.39, 0.29) is 0 Å². The van der Waals surface area contributed by atoms with Gasteiger partial charge in [0.2, 0.25) is 0 Å². The summed E-state index contributed by atoms with van der Waals surface area (Å²) in [5.74, 6) is 3.10. The summed E-state index contributed by atoms with van der Waals surface area (Å²) < 4.78 is 7.32. The van der Waals surface area contributed by atoms with Gasteiger partial charge in [0, 0.05) is 27.8 Å². The number of fused-ring (bicyclic) bond motifs is 10. The average molecular weight is 715 g/mol. The number of rotatable bonds is 4. The van der Waals surface area contributed by atoms with Crippen molar-refractivity contribution < 1.29 is 4.74 Å². The maximum atomic E-state index is 9.89. The molecule has 0 radical (unpaired) electrons. The molecular formula is C51H30N4O. The summed E-state index contributed by atoms with van der Waals surface area (Å²) in [6.07, 6.45) is 0.